The summed E-state index contributed by atoms with van der Waals surface area (Å²) in [5, 5.41) is 5.11. The van der Waals surface area contributed by atoms with Gasteiger partial charge in [-0.2, -0.15) is 5.10 Å². The van der Waals surface area contributed by atoms with Gasteiger partial charge in [-0.1, -0.05) is 41.4 Å². The predicted molar refractivity (Wildman–Crippen MR) is 123 cm³/mol. The molecule has 29 heavy (non-hydrogen) atoms. The first-order valence-corrected chi connectivity index (χ1v) is 10.7. The Bertz CT molecular complexity index is 1050. The average Bonchev–Trinajstić information content (AvgIpc) is 2.98. The number of thioether (sulfide) groups is 1. The molecule has 0 aliphatic rings. The number of benzene rings is 2. The monoisotopic (exact) mass is 445 g/mol. The van der Waals surface area contributed by atoms with Gasteiger partial charge in [-0.15, -0.1) is 11.8 Å². The van der Waals surface area contributed by atoms with Gasteiger partial charge in [-0.3, -0.25) is 4.79 Å². The number of carbonyl (C=O) groups excluding carboxylic acids is 1. The van der Waals surface area contributed by atoms with Crippen molar-refractivity contribution in [2.75, 3.05) is 0 Å². The zero-order valence-electron chi connectivity index (χ0n) is 16.3. The van der Waals surface area contributed by atoms with E-state index in [2.05, 4.69) is 10.5 Å². The smallest absolute Gasteiger partial charge is 0.253 e. The van der Waals surface area contributed by atoms with Crippen LogP contribution in [0, 0.1) is 13.8 Å². The van der Waals surface area contributed by atoms with E-state index in [4.69, 9.17) is 23.2 Å². The minimum atomic E-state index is -0.257. The van der Waals surface area contributed by atoms with Crippen LogP contribution in [0.1, 0.15) is 23.9 Å². The van der Waals surface area contributed by atoms with Crippen LogP contribution >= 0.6 is 35.0 Å². The molecule has 1 atom stereocenters. The molecule has 1 N–H and O–H groups in total. The van der Waals surface area contributed by atoms with Gasteiger partial charge in [0.1, 0.15) is 0 Å². The Morgan fingerprint density at radius 1 is 1.14 bits per heavy atom. The molecule has 3 rings (SSSR count). The lowest BCUT2D eigenvalue weighted by Gasteiger charge is -2.12. The molecule has 7 heteroatoms. The van der Waals surface area contributed by atoms with Crippen molar-refractivity contribution >= 4 is 47.1 Å². The van der Waals surface area contributed by atoms with Gasteiger partial charge in [-0.25, -0.2) is 5.43 Å². The molecule has 0 aliphatic heterocycles. The Kier molecular flexibility index (Phi) is 7.06. The first-order chi connectivity index (χ1) is 13.9. The second kappa shape index (κ2) is 9.53. The molecular weight excluding hydrogens is 425 g/mol. The highest BCUT2D eigenvalue weighted by Gasteiger charge is 2.15. The Labute approximate surface area is 184 Å². The summed E-state index contributed by atoms with van der Waals surface area (Å²) >= 11 is 14.0. The fraction of sp³-hybridized carbons (Fsp3) is 0.182. The summed E-state index contributed by atoms with van der Waals surface area (Å²) < 4.78 is 2.02. The van der Waals surface area contributed by atoms with Crippen LogP contribution in [0.3, 0.4) is 0 Å². The molecule has 150 valence electrons. The first kappa shape index (κ1) is 21.5. The van der Waals surface area contributed by atoms with Crippen molar-refractivity contribution in [3.63, 3.8) is 0 Å². The summed E-state index contributed by atoms with van der Waals surface area (Å²) in [5.41, 5.74) is 6.27. The molecular formula is C22H21Cl2N3OS. The highest BCUT2D eigenvalue weighted by molar-refractivity contribution is 8.00. The molecule has 4 nitrogen and oxygen atoms in total. The molecule has 0 aliphatic carbocycles. The van der Waals surface area contributed by atoms with Gasteiger partial charge in [0, 0.05) is 26.9 Å². The van der Waals surface area contributed by atoms with E-state index < -0.39 is 0 Å². The molecule has 0 spiro atoms. The quantitative estimate of drug-likeness (QED) is 0.285. The molecule has 1 heterocycles. The van der Waals surface area contributed by atoms with Crippen LogP contribution in [-0.4, -0.2) is 21.9 Å². The summed E-state index contributed by atoms with van der Waals surface area (Å²) in [6.45, 7) is 5.82. The van der Waals surface area contributed by atoms with Gasteiger partial charge in [-0.05, 0) is 57.2 Å². The maximum atomic E-state index is 12.3. The van der Waals surface area contributed by atoms with Gasteiger partial charge in [0.15, 0.2) is 0 Å². The second-order valence-electron chi connectivity index (χ2n) is 6.56. The molecule has 0 bridgehead atoms. The van der Waals surface area contributed by atoms with Gasteiger partial charge in [0.2, 0.25) is 0 Å². The molecule has 2 aromatic carbocycles. The predicted octanol–water partition coefficient (Wildman–Crippen LogP) is 6.03. The van der Waals surface area contributed by atoms with Crippen LogP contribution in [0.4, 0.5) is 0 Å². The van der Waals surface area contributed by atoms with Gasteiger partial charge in [0.05, 0.1) is 22.2 Å². The fourth-order valence-corrected chi connectivity index (χ4v) is 4.21. The van der Waals surface area contributed by atoms with E-state index in [0.717, 1.165) is 27.5 Å². The van der Waals surface area contributed by atoms with E-state index in [1.54, 1.807) is 18.3 Å². The third-order valence-corrected chi connectivity index (χ3v) is 6.09. The van der Waals surface area contributed by atoms with E-state index in [1.165, 1.54) is 11.8 Å². The van der Waals surface area contributed by atoms with Crippen molar-refractivity contribution in [1.29, 1.82) is 0 Å². The molecule has 0 radical (unpaired) electrons. The Balaban J connectivity index is 1.71. The summed E-state index contributed by atoms with van der Waals surface area (Å²) in [7, 11) is 0. The van der Waals surface area contributed by atoms with E-state index in [-0.39, 0.29) is 11.2 Å². The van der Waals surface area contributed by atoms with E-state index in [0.29, 0.717) is 10.0 Å². The lowest BCUT2D eigenvalue weighted by Crippen LogP contribution is -2.26. The number of hydrogen-bond donors (Lipinski definition) is 1. The van der Waals surface area contributed by atoms with Crippen LogP contribution in [0.25, 0.3) is 5.69 Å². The zero-order chi connectivity index (χ0) is 21.0. The normalized spacial score (nSPS) is 12.3. The van der Waals surface area contributed by atoms with Gasteiger partial charge < -0.3 is 4.57 Å². The largest absolute Gasteiger partial charge is 0.316 e. The first-order valence-electron chi connectivity index (χ1n) is 9.06. The Hall–Kier alpha value is -2.21. The number of nitrogens with one attached hydrogen (secondary N) is 1. The zero-order valence-corrected chi connectivity index (χ0v) is 18.6. The number of hydrazone groups is 1. The van der Waals surface area contributed by atoms with Crippen molar-refractivity contribution in [3.05, 3.63) is 81.6 Å². The number of amides is 1. The highest BCUT2D eigenvalue weighted by Crippen LogP contribution is 2.28. The molecule has 0 saturated heterocycles. The van der Waals surface area contributed by atoms with Crippen LogP contribution in [0.5, 0.6) is 0 Å². The number of carbonyl (C=O) groups is 1. The number of aryl methyl sites for hydroxylation is 1. The standard InChI is InChI=1S/C22H21Cl2N3OS/c1-14-11-17(15(2)27(14)21-12-18(23)9-10-20(21)24)13-25-26-22(28)16(3)29-19-7-5-4-6-8-19/h4-13,16H,1-3H3,(H,26,28)/b25-13+. The van der Waals surface area contributed by atoms with Crippen molar-refractivity contribution in [2.45, 2.75) is 30.9 Å². The maximum absolute atomic E-state index is 12.3. The number of hydrogen-bond acceptors (Lipinski definition) is 3. The SMILES string of the molecule is Cc1cc(/C=N/NC(=O)C(C)Sc2ccccc2)c(C)n1-c1cc(Cl)ccc1Cl. The third kappa shape index (κ3) is 5.24. The Morgan fingerprint density at radius 3 is 2.59 bits per heavy atom. The molecule has 1 amide bonds. The number of nitrogens with zero attached hydrogens (tertiary/aromatic N) is 2. The molecule has 0 saturated carbocycles. The summed E-state index contributed by atoms with van der Waals surface area (Å²) in [6.07, 6.45) is 1.65. The fourth-order valence-electron chi connectivity index (χ4n) is 2.96. The van der Waals surface area contributed by atoms with Crippen molar-refractivity contribution in [3.8, 4) is 5.69 Å². The van der Waals surface area contributed by atoms with Crippen molar-refractivity contribution in [1.82, 2.24) is 9.99 Å². The van der Waals surface area contributed by atoms with Crippen molar-refractivity contribution < 1.29 is 4.79 Å². The summed E-state index contributed by atoms with van der Waals surface area (Å²) in [4.78, 5) is 13.4. The number of rotatable bonds is 6. The van der Waals surface area contributed by atoms with Gasteiger partial charge >= 0.3 is 0 Å². The van der Waals surface area contributed by atoms with E-state index in [1.807, 2.05) is 67.8 Å². The minimum Gasteiger partial charge on any atom is -0.316 e. The lowest BCUT2D eigenvalue weighted by atomic mass is 10.2. The summed E-state index contributed by atoms with van der Waals surface area (Å²) in [6, 6.07) is 17.2. The third-order valence-electron chi connectivity index (χ3n) is 4.42. The maximum Gasteiger partial charge on any atom is 0.253 e. The molecule has 1 unspecified atom stereocenters. The topological polar surface area (TPSA) is 46.4 Å². The average molecular weight is 446 g/mol. The molecule has 3 aromatic rings. The van der Waals surface area contributed by atoms with E-state index in [9.17, 15) is 4.79 Å². The van der Waals surface area contributed by atoms with Crippen LogP contribution in [0.15, 0.2) is 64.6 Å². The summed E-state index contributed by atoms with van der Waals surface area (Å²) in [5.74, 6) is -0.151. The van der Waals surface area contributed by atoms with Crippen molar-refractivity contribution in [2.24, 2.45) is 5.10 Å². The molecule has 1 aromatic heterocycles. The van der Waals surface area contributed by atoms with E-state index >= 15 is 0 Å². The highest BCUT2D eigenvalue weighted by atomic mass is 35.5. The van der Waals surface area contributed by atoms with Crippen LogP contribution in [0.2, 0.25) is 10.0 Å². The minimum absolute atomic E-state index is 0.151. The Morgan fingerprint density at radius 2 is 1.86 bits per heavy atom. The van der Waals surface area contributed by atoms with Crippen LogP contribution < -0.4 is 5.43 Å². The van der Waals surface area contributed by atoms with Gasteiger partial charge in [0.25, 0.3) is 5.91 Å². The second-order valence-corrected chi connectivity index (χ2v) is 8.82. The lowest BCUT2D eigenvalue weighted by molar-refractivity contribution is -0.120. The van der Waals surface area contributed by atoms with Crippen LogP contribution in [-0.2, 0) is 4.79 Å². The number of aromatic nitrogens is 1. The number of halogens is 2. The molecule has 0 fully saturated rings.